The lowest BCUT2D eigenvalue weighted by Gasteiger charge is -2.29. The summed E-state index contributed by atoms with van der Waals surface area (Å²) in [5.41, 5.74) is 0. The van der Waals surface area contributed by atoms with Crippen molar-refractivity contribution in [2.24, 2.45) is 5.92 Å². The van der Waals surface area contributed by atoms with Gasteiger partial charge in [0.25, 0.3) is 0 Å². The molecule has 1 fully saturated rings. The number of fused-ring (bicyclic) bond motifs is 1. The molecule has 1 heterocycles. The lowest BCUT2D eigenvalue weighted by Crippen LogP contribution is -2.41. The maximum Gasteiger partial charge on any atom is 0.230 e. The molecule has 1 aromatic carbocycles. The zero-order valence-corrected chi connectivity index (χ0v) is 13.6. The highest BCUT2D eigenvalue weighted by Gasteiger charge is 2.22. The Balaban J connectivity index is 1.60. The number of hydrogen-bond donors (Lipinski definition) is 1. The van der Waals surface area contributed by atoms with Gasteiger partial charge in [-0.25, -0.2) is 0 Å². The molecule has 1 saturated carbocycles. The Kier molecular flexibility index (Phi) is 4.93. The first-order valence-electron chi connectivity index (χ1n) is 7.86. The van der Waals surface area contributed by atoms with Gasteiger partial charge >= 0.3 is 0 Å². The van der Waals surface area contributed by atoms with E-state index in [2.05, 4.69) is 22.4 Å². The molecular weight excluding hydrogens is 294 g/mol. The van der Waals surface area contributed by atoms with Crippen molar-refractivity contribution in [1.29, 1.82) is 0 Å². The Morgan fingerprint density at radius 2 is 2.14 bits per heavy atom. The third kappa shape index (κ3) is 3.58. The van der Waals surface area contributed by atoms with Crippen molar-refractivity contribution in [2.75, 3.05) is 5.75 Å². The van der Waals surface area contributed by atoms with E-state index in [9.17, 15) is 4.79 Å². The second-order valence-electron chi connectivity index (χ2n) is 5.96. The van der Waals surface area contributed by atoms with Crippen molar-refractivity contribution in [1.82, 2.24) is 15.5 Å². The van der Waals surface area contributed by atoms with Gasteiger partial charge in [-0.15, -0.1) is 5.10 Å². The number of thioether (sulfide) groups is 1. The lowest BCUT2D eigenvalue weighted by atomic mass is 9.86. The Labute approximate surface area is 135 Å². The van der Waals surface area contributed by atoms with Crippen LogP contribution in [-0.4, -0.2) is 27.9 Å². The van der Waals surface area contributed by atoms with Gasteiger partial charge < -0.3 is 5.32 Å². The van der Waals surface area contributed by atoms with Crippen molar-refractivity contribution in [3.05, 3.63) is 30.5 Å². The fourth-order valence-electron chi connectivity index (χ4n) is 3.02. The van der Waals surface area contributed by atoms with E-state index in [1.807, 2.05) is 24.3 Å². The fourth-order valence-corrected chi connectivity index (χ4v) is 3.82. The third-order valence-electron chi connectivity index (χ3n) is 4.33. The molecule has 1 amide bonds. The number of nitrogens with zero attached hydrogens (tertiary/aromatic N) is 2. The molecule has 1 aliphatic carbocycles. The highest BCUT2D eigenvalue weighted by atomic mass is 32.2. The van der Waals surface area contributed by atoms with Crippen LogP contribution in [0.1, 0.15) is 32.6 Å². The summed E-state index contributed by atoms with van der Waals surface area (Å²) in [4.78, 5) is 12.2. The van der Waals surface area contributed by atoms with Crippen molar-refractivity contribution >= 4 is 28.4 Å². The summed E-state index contributed by atoms with van der Waals surface area (Å²) < 4.78 is 0. The van der Waals surface area contributed by atoms with Gasteiger partial charge in [-0.1, -0.05) is 55.8 Å². The monoisotopic (exact) mass is 315 g/mol. The van der Waals surface area contributed by atoms with Crippen LogP contribution in [0.15, 0.2) is 35.5 Å². The molecule has 2 atom stereocenters. The minimum absolute atomic E-state index is 0.0958. The van der Waals surface area contributed by atoms with Crippen molar-refractivity contribution in [3.8, 4) is 0 Å². The number of hydrogen-bond acceptors (Lipinski definition) is 4. The Bertz CT molecular complexity index is 656. The van der Waals surface area contributed by atoms with E-state index >= 15 is 0 Å². The van der Waals surface area contributed by atoms with Crippen molar-refractivity contribution in [2.45, 2.75) is 43.7 Å². The first kappa shape index (κ1) is 15.3. The number of nitrogens with one attached hydrogen (secondary N) is 1. The van der Waals surface area contributed by atoms with Gasteiger partial charge in [0, 0.05) is 16.8 Å². The normalized spacial score (nSPS) is 21.7. The van der Waals surface area contributed by atoms with Crippen LogP contribution in [-0.2, 0) is 4.79 Å². The van der Waals surface area contributed by atoms with E-state index in [4.69, 9.17) is 0 Å². The van der Waals surface area contributed by atoms with Crippen LogP contribution >= 0.6 is 11.8 Å². The quantitative estimate of drug-likeness (QED) is 0.878. The van der Waals surface area contributed by atoms with Crippen LogP contribution in [0.4, 0.5) is 0 Å². The second-order valence-corrected chi connectivity index (χ2v) is 6.93. The van der Waals surface area contributed by atoms with E-state index in [-0.39, 0.29) is 5.91 Å². The van der Waals surface area contributed by atoms with Crippen LogP contribution in [0, 0.1) is 5.92 Å². The molecule has 116 valence electrons. The average Bonchev–Trinajstić information content (AvgIpc) is 2.55. The molecule has 0 radical (unpaired) electrons. The van der Waals surface area contributed by atoms with Crippen molar-refractivity contribution in [3.63, 3.8) is 0 Å². The van der Waals surface area contributed by atoms with Crippen LogP contribution in [0.3, 0.4) is 0 Å². The van der Waals surface area contributed by atoms with Gasteiger partial charge in [0.15, 0.2) is 0 Å². The van der Waals surface area contributed by atoms with Crippen LogP contribution < -0.4 is 5.32 Å². The first-order valence-corrected chi connectivity index (χ1v) is 8.85. The van der Waals surface area contributed by atoms with E-state index in [1.54, 1.807) is 6.20 Å². The largest absolute Gasteiger partial charge is 0.352 e. The summed E-state index contributed by atoms with van der Waals surface area (Å²) in [6.45, 7) is 2.23. The maximum atomic E-state index is 12.2. The molecule has 1 N–H and O–H groups in total. The molecule has 0 saturated heterocycles. The summed E-state index contributed by atoms with van der Waals surface area (Å²) in [5, 5.41) is 14.3. The zero-order valence-electron chi connectivity index (χ0n) is 12.8. The summed E-state index contributed by atoms with van der Waals surface area (Å²) in [5.74, 6) is 1.07. The maximum absolute atomic E-state index is 12.2. The minimum atomic E-state index is 0.0958. The van der Waals surface area contributed by atoms with Gasteiger partial charge in [-0.2, -0.15) is 5.10 Å². The lowest BCUT2D eigenvalue weighted by molar-refractivity contribution is -0.119. The Hall–Kier alpha value is -1.62. The smallest absolute Gasteiger partial charge is 0.230 e. The standard InChI is InChI=1S/C17H21N3OS/c1-12-6-2-5-9-15(12)19-16(21)11-22-17-14-8-4-3-7-13(14)10-18-20-17/h3-4,7-8,10,12,15H,2,5-6,9,11H2,1H3,(H,19,21)/t12-,15-/m0/s1. The van der Waals surface area contributed by atoms with Gasteiger partial charge in [0.2, 0.25) is 5.91 Å². The Morgan fingerprint density at radius 1 is 1.32 bits per heavy atom. The second kappa shape index (κ2) is 7.09. The zero-order chi connectivity index (χ0) is 15.4. The molecule has 2 aromatic rings. The van der Waals surface area contributed by atoms with Crippen LogP contribution in [0.2, 0.25) is 0 Å². The molecule has 0 bridgehead atoms. The number of benzene rings is 1. The van der Waals surface area contributed by atoms with Crippen molar-refractivity contribution < 1.29 is 4.79 Å². The molecule has 1 aliphatic rings. The van der Waals surface area contributed by atoms with Gasteiger partial charge in [0.1, 0.15) is 5.03 Å². The van der Waals surface area contributed by atoms with Gasteiger partial charge in [-0.05, 0) is 18.8 Å². The number of amides is 1. The van der Waals surface area contributed by atoms with Gasteiger partial charge in [0.05, 0.1) is 11.9 Å². The number of aromatic nitrogens is 2. The van der Waals surface area contributed by atoms with E-state index in [0.717, 1.165) is 22.2 Å². The first-order chi connectivity index (χ1) is 10.7. The predicted molar refractivity (Wildman–Crippen MR) is 89.8 cm³/mol. The molecule has 5 heteroatoms. The number of carbonyl (C=O) groups excluding carboxylic acids is 1. The fraction of sp³-hybridized carbons (Fsp3) is 0.471. The minimum Gasteiger partial charge on any atom is -0.352 e. The van der Waals surface area contributed by atoms with Crippen LogP contribution in [0.5, 0.6) is 0 Å². The molecular formula is C17H21N3OS. The predicted octanol–water partition coefficient (Wildman–Crippen LogP) is 3.42. The highest BCUT2D eigenvalue weighted by Crippen LogP contribution is 2.26. The Morgan fingerprint density at radius 3 is 3.00 bits per heavy atom. The van der Waals surface area contributed by atoms with E-state index < -0.39 is 0 Å². The SMILES string of the molecule is C[C@H]1CCCC[C@@H]1NC(=O)CSc1nncc2ccccc12. The summed E-state index contributed by atoms with van der Waals surface area (Å²) in [6.07, 6.45) is 6.58. The molecule has 0 aliphatic heterocycles. The summed E-state index contributed by atoms with van der Waals surface area (Å²) in [7, 11) is 0. The molecule has 0 spiro atoms. The molecule has 3 rings (SSSR count). The van der Waals surface area contributed by atoms with E-state index in [1.165, 1.54) is 31.0 Å². The summed E-state index contributed by atoms with van der Waals surface area (Å²) >= 11 is 1.46. The molecule has 0 unspecified atom stereocenters. The number of carbonyl (C=O) groups is 1. The molecule has 1 aromatic heterocycles. The molecule has 22 heavy (non-hydrogen) atoms. The highest BCUT2D eigenvalue weighted by molar-refractivity contribution is 8.00. The van der Waals surface area contributed by atoms with Gasteiger partial charge in [-0.3, -0.25) is 4.79 Å². The number of rotatable bonds is 4. The topological polar surface area (TPSA) is 54.9 Å². The third-order valence-corrected chi connectivity index (χ3v) is 5.32. The van der Waals surface area contributed by atoms with E-state index in [0.29, 0.717) is 17.7 Å². The summed E-state index contributed by atoms with van der Waals surface area (Å²) in [6, 6.07) is 8.33. The average molecular weight is 315 g/mol. The van der Waals surface area contributed by atoms with Crippen LogP contribution in [0.25, 0.3) is 10.8 Å². The molecule has 4 nitrogen and oxygen atoms in total.